The molecule has 2 aromatic rings. The van der Waals surface area contributed by atoms with E-state index in [1.807, 2.05) is 14.1 Å². The lowest BCUT2D eigenvalue weighted by Gasteiger charge is -2.17. The summed E-state index contributed by atoms with van der Waals surface area (Å²) in [5.41, 5.74) is -0.914. The van der Waals surface area contributed by atoms with Crippen LogP contribution in [-0.2, 0) is 13.1 Å². The molecular formula is C16H26Cl2N2O16. The fourth-order valence-corrected chi connectivity index (χ4v) is 2.30. The van der Waals surface area contributed by atoms with Gasteiger partial charge in [-0.3, -0.25) is 9.59 Å². The minimum Gasteiger partial charge on any atom is -0.502 e. The molecule has 0 aliphatic carbocycles. The summed E-state index contributed by atoms with van der Waals surface area (Å²) in [4.78, 5) is 24.8. The Morgan fingerprint density at radius 2 is 0.944 bits per heavy atom. The molecule has 0 aliphatic rings. The highest BCUT2D eigenvalue weighted by molar-refractivity contribution is 5.22. The van der Waals surface area contributed by atoms with Gasteiger partial charge in [0.15, 0.2) is 0 Å². The van der Waals surface area contributed by atoms with E-state index in [-0.39, 0.29) is 34.0 Å². The third-order valence-electron chi connectivity index (χ3n) is 3.76. The quantitative estimate of drug-likeness (QED) is 0.239. The zero-order valence-corrected chi connectivity index (χ0v) is 20.2. The molecule has 0 saturated carbocycles. The van der Waals surface area contributed by atoms with Crippen molar-refractivity contribution < 1.29 is 97.6 Å². The monoisotopic (exact) mass is 572 g/mol. The summed E-state index contributed by atoms with van der Waals surface area (Å²) in [6.45, 7) is 2.20. The van der Waals surface area contributed by atoms with Crippen LogP contribution in [0.2, 0.25) is 0 Å². The third-order valence-corrected chi connectivity index (χ3v) is 3.76. The molecule has 0 bridgehead atoms. The first-order chi connectivity index (χ1) is 15.4. The first kappa shape index (κ1) is 38.1. The maximum Gasteiger partial charge on any atom is 0.227 e. The summed E-state index contributed by atoms with van der Waals surface area (Å²) in [5.74, 6) is -0.198. The molecule has 8 N–H and O–H groups in total. The average Bonchev–Trinajstić information content (AvgIpc) is 2.65. The number of quaternary nitrogens is 2. The molecule has 0 aromatic carbocycles. The lowest BCUT2D eigenvalue weighted by Crippen LogP contribution is -3.16. The number of aromatic hydroxyl groups is 2. The Kier molecular flexibility index (Phi) is 18.1. The summed E-state index contributed by atoms with van der Waals surface area (Å²) < 4.78 is 78.3. The van der Waals surface area contributed by atoms with Crippen molar-refractivity contribution in [3.63, 3.8) is 0 Å². The Balaban J connectivity index is -0.000000773. The molecule has 0 spiro atoms. The van der Waals surface area contributed by atoms with Crippen LogP contribution >= 0.6 is 0 Å². The third kappa shape index (κ3) is 19.9. The maximum atomic E-state index is 11.4. The molecular weight excluding hydrogens is 547 g/mol. The van der Waals surface area contributed by atoms with E-state index in [4.69, 9.17) is 46.1 Å². The molecule has 0 radical (unpaired) electrons. The van der Waals surface area contributed by atoms with Crippen LogP contribution in [0.25, 0.3) is 0 Å². The lowest BCUT2D eigenvalue weighted by atomic mass is 10.3. The van der Waals surface area contributed by atoms with Gasteiger partial charge in [0, 0.05) is 12.1 Å². The van der Waals surface area contributed by atoms with Crippen LogP contribution < -0.4 is 57.9 Å². The van der Waals surface area contributed by atoms with Crippen LogP contribution in [-0.4, -0.2) is 48.4 Å². The van der Waals surface area contributed by atoms with Gasteiger partial charge in [-0.1, -0.05) is 0 Å². The Hall–Kier alpha value is -2.40. The topological polar surface area (TPSA) is 357 Å². The van der Waals surface area contributed by atoms with E-state index < -0.39 is 31.3 Å². The van der Waals surface area contributed by atoms with E-state index in [9.17, 15) is 19.8 Å². The van der Waals surface area contributed by atoms with Gasteiger partial charge in [-0.25, -0.2) is 37.3 Å². The number of likely N-dealkylation sites (N-methyl/N-ethyl adjacent to an activating group) is 2. The van der Waals surface area contributed by atoms with E-state index in [1.165, 1.54) is 24.7 Å². The first-order valence-electron chi connectivity index (χ1n) is 8.83. The zero-order chi connectivity index (χ0) is 26.7. The number of hydrogen-bond donors (Lipinski definition) is 4. The van der Waals surface area contributed by atoms with Gasteiger partial charge >= 0.3 is 0 Å². The predicted molar refractivity (Wildman–Crippen MR) is 91.4 cm³/mol. The van der Waals surface area contributed by atoms with E-state index >= 15 is 0 Å². The van der Waals surface area contributed by atoms with Crippen molar-refractivity contribution in [3.8, 4) is 11.5 Å². The van der Waals surface area contributed by atoms with Gasteiger partial charge in [0.2, 0.25) is 33.9 Å². The fraction of sp³-hybridized carbons (Fsp3) is 0.375. The van der Waals surface area contributed by atoms with E-state index in [2.05, 4.69) is 0 Å². The van der Waals surface area contributed by atoms with Gasteiger partial charge in [0.05, 0.1) is 26.6 Å². The van der Waals surface area contributed by atoms with E-state index in [0.29, 0.717) is 13.1 Å². The molecule has 36 heavy (non-hydrogen) atoms. The van der Waals surface area contributed by atoms with Crippen molar-refractivity contribution in [3.05, 3.63) is 56.6 Å². The number of halogens is 2. The molecule has 2 aromatic heterocycles. The average molecular weight is 573 g/mol. The largest absolute Gasteiger partial charge is 0.502 e. The second kappa shape index (κ2) is 17.1. The van der Waals surface area contributed by atoms with Crippen molar-refractivity contribution in [1.29, 1.82) is 0 Å². The molecule has 0 saturated heterocycles. The summed E-state index contributed by atoms with van der Waals surface area (Å²) in [6.07, 6.45) is 2.53. The maximum absolute atomic E-state index is 11.4. The number of hydrogen-bond acceptors (Lipinski definition) is 14. The summed E-state index contributed by atoms with van der Waals surface area (Å²) in [7, 11) is -6.06. The highest BCUT2D eigenvalue weighted by Crippen LogP contribution is 2.08. The lowest BCUT2D eigenvalue weighted by molar-refractivity contribution is -2.00. The number of rotatable bonds is 7. The van der Waals surface area contributed by atoms with Gasteiger partial charge in [-0.15, -0.1) is 20.5 Å². The molecule has 2 atom stereocenters. The predicted octanol–water partition coefficient (Wildman–Crippen LogP) is -13.4. The molecule has 2 rings (SSSR count). The Bertz CT molecular complexity index is 896. The molecule has 0 amide bonds. The zero-order valence-electron chi connectivity index (χ0n) is 18.7. The van der Waals surface area contributed by atoms with Gasteiger partial charge in [0.1, 0.15) is 26.2 Å². The van der Waals surface area contributed by atoms with Crippen LogP contribution in [0, 0.1) is 20.5 Å². The summed E-state index contributed by atoms with van der Waals surface area (Å²) >= 11 is 0. The van der Waals surface area contributed by atoms with Crippen LogP contribution in [0.4, 0.5) is 0 Å². The first-order valence-corrected chi connectivity index (χ1v) is 11.3. The van der Waals surface area contributed by atoms with Gasteiger partial charge in [0.25, 0.3) is 0 Å². The number of nitrogens with one attached hydrogen (secondary N) is 2. The smallest absolute Gasteiger partial charge is 0.227 e. The SMILES string of the molecule is C[NH+](CC[NH+](C)Cc1occc(=O)c1O)Cc1occc(=O)c1O.O.O.[O-][Cl+3]([O-])([O-])[O-].[O-][Cl+3]([O-])([O-])[O-]. The van der Waals surface area contributed by atoms with Crippen molar-refractivity contribution in [2.45, 2.75) is 13.1 Å². The molecule has 2 unspecified atom stereocenters. The second-order valence-corrected chi connectivity index (χ2v) is 8.15. The standard InChI is InChI=1S/C16H20N2O6.2ClHO4.2H2O/c1-17(9-13-15(21)11(19)3-7-23-13)5-6-18(2)10-14-16(22)12(20)4-8-24-14;2*2-1(3,4)5;;/h3-4,7-8,21-22H,5-6,9-10H2,1-2H3;2*(H,2,3,4,5);2*1H2. The molecule has 0 fully saturated rings. The van der Waals surface area contributed by atoms with Crippen molar-refractivity contribution in [2.75, 3.05) is 27.2 Å². The minimum absolute atomic E-state index is 0. The minimum atomic E-state index is -4.94. The summed E-state index contributed by atoms with van der Waals surface area (Å²) in [5, 5.41) is 19.4. The van der Waals surface area contributed by atoms with Crippen molar-refractivity contribution in [1.82, 2.24) is 0 Å². The molecule has 0 aliphatic heterocycles. The second-order valence-electron chi connectivity index (χ2n) is 6.64. The Morgan fingerprint density at radius 3 is 1.19 bits per heavy atom. The van der Waals surface area contributed by atoms with Crippen LogP contribution in [0.15, 0.2) is 43.1 Å². The van der Waals surface area contributed by atoms with Gasteiger partial charge < -0.3 is 39.8 Å². The molecule has 20 heteroatoms. The van der Waals surface area contributed by atoms with E-state index in [1.54, 1.807) is 0 Å². The molecule has 2 heterocycles. The van der Waals surface area contributed by atoms with Gasteiger partial charge in [-0.2, -0.15) is 0 Å². The van der Waals surface area contributed by atoms with E-state index in [0.717, 1.165) is 22.9 Å². The Morgan fingerprint density at radius 1 is 0.694 bits per heavy atom. The Labute approximate surface area is 206 Å². The van der Waals surface area contributed by atoms with Crippen LogP contribution in [0.5, 0.6) is 11.5 Å². The molecule has 210 valence electrons. The summed E-state index contributed by atoms with van der Waals surface area (Å²) in [6, 6.07) is 2.35. The fourth-order valence-electron chi connectivity index (χ4n) is 2.30. The highest BCUT2D eigenvalue weighted by atomic mass is 35.7. The van der Waals surface area contributed by atoms with Crippen LogP contribution in [0.3, 0.4) is 0 Å². The normalized spacial score (nSPS) is 12.4. The van der Waals surface area contributed by atoms with Crippen molar-refractivity contribution >= 4 is 0 Å². The van der Waals surface area contributed by atoms with Crippen LogP contribution in [0.1, 0.15) is 11.5 Å². The van der Waals surface area contributed by atoms with Crippen molar-refractivity contribution in [2.24, 2.45) is 0 Å². The van der Waals surface area contributed by atoms with Gasteiger partial charge in [-0.05, 0) is 0 Å². The highest BCUT2D eigenvalue weighted by Gasteiger charge is 2.17. The molecule has 18 nitrogen and oxygen atoms in total.